The molecule has 128 valence electrons. The average molecular weight is 341 g/mol. The SMILES string of the molecule is CN(Cc1ccc(F)cc1)C(=O)Cn1nnn(-c2ccccc2)c1=O. The summed E-state index contributed by atoms with van der Waals surface area (Å²) in [7, 11) is 1.61. The highest BCUT2D eigenvalue weighted by Crippen LogP contribution is 2.06. The first-order chi connectivity index (χ1) is 12.0. The van der Waals surface area contributed by atoms with Gasteiger partial charge in [-0.2, -0.15) is 9.36 Å². The van der Waals surface area contributed by atoms with E-state index in [4.69, 9.17) is 0 Å². The first-order valence-electron chi connectivity index (χ1n) is 7.61. The van der Waals surface area contributed by atoms with E-state index < -0.39 is 5.69 Å². The molecule has 25 heavy (non-hydrogen) atoms. The second-order valence-corrected chi connectivity index (χ2v) is 5.54. The Morgan fingerprint density at radius 1 is 1.08 bits per heavy atom. The maximum Gasteiger partial charge on any atom is 0.368 e. The largest absolute Gasteiger partial charge is 0.368 e. The molecule has 0 saturated heterocycles. The molecule has 1 amide bonds. The van der Waals surface area contributed by atoms with Gasteiger partial charge in [0.2, 0.25) is 5.91 Å². The van der Waals surface area contributed by atoms with Crippen molar-refractivity contribution in [3.63, 3.8) is 0 Å². The third-order valence-electron chi connectivity index (χ3n) is 3.68. The van der Waals surface area contributed by atoms with Gasteiger partial charge in [0.25, 0.3) is 0 Å². The lowest BCUT2D eigenvalue weighted by Crippen LogP contribution is -2.34. The Labute approximate surface area is 142 Å². The number of halogens is 1. The van der Waals surface area contributed by atoms with Gasteiger partial charge in [-0.05, 0) is 40.3 Å². The predicted molar refractivity (Wildman–Crippen MR) is 88.5 cm³/mol. The second-order valence-electron chi connectivity index (χ2n) is 5.54. The van der Waals surface area contributed by atoms with Gasteiger partial charge in [-0.3, -0.25) is 4.79 Å². The fourth-order valence-electron chi connectivity index (χ4n) is 2.31. The quantitative estimate of drug-likeness (QED) is 0.700. The van der Waals surface area contributed by atoms with Crippen LogP contribution in [-0.4, -0.2) is 37.6 Å². The van der Waals surface area contributed by atoms with Crippen LogP contribution in [0, 0.1) is 5.82 Å². The lowest BCUT2D eigenvalue weighted by Gasteiger charge is -2.16. The Hall–Kier alpha value is -3.29. The molecule has 0 radical (unpaired) electrons. The molecule has 0 spiro atoms. The number of carbonyl (C=O) groups excluding carboxylic acids is 1. The van der Waals surface area contributed by atoms with E-state index in [9.17, 15) is 14.0 Å². The van der Waals surface area contributed by atoms with Gasteiger partial charge in [-0.25, -0.2) is 9.18 Å². The van der Waals surface area contributed by atoms with Crippen molar-refractivity contribution in [2.45, 2.75) is 13.1 Å². The number of amides is 1. The summed E-state index contributed by atoms with van der Waals surface area (Å²) in [6.07, 6.45) is 0. The van der Waals surface area contributed by atoms with Crippen molar-refractivity contribution in [2.24, 2.45) is 0 Å². The van der Waals surface area contributed by atoms with Gasteiger partial charge >= 0.3 is 5.69 Å². The van der Waals surface area contributed by atoms with Crippen LogP contribution in [0.1, 0.15) is 5.56 Å². The van der Waals surface area contributed by atoms with Crippen molar-refractivity contribution in [2.75, 3.05) is 7.05 Å². The number of nitrogens with zero attached hydrogens (tertiary/aromatic N) is 5. The molecule has 0 bridgehead atoms. The molecule has 0 N–H and O–H groups in total. The molecule has 0 saturated carbocycles. The van der Waals surface area contributed by atoms with Crippen LogP contribution in [0.15, 0.2) is 59.4 Å². The third-order valence-corrected chi connectivity index (χ3v) is 3.68. The molecule has 0 aliphatic heterocycles. The van der Waals surface area contributed by atoms with Crippen LogP contribution >= 0.6 is 0 Å². The third kappa shape index (κ3) is 3.79. The molecule has 0 unspecified atom stereocenters. The number of para-hydroxylation sites is 1. The van der Waals surface area contributed by atoms with Crippen molar-refractivity contribution in [3.05, 3.63) is 76.5 Å². The number of tetrazole rings is 1. The number of likely N-dealkylation sites (N-methyl/N-ethyl adjacent to an activating group) is 1. The highest BCUT2D eigenvalue weighted by molar-refractivity contribution is 5.75. The number of benzene rings is 2. The summed E-state index contributed by atoms with van der Waals surface area (Å²) in [5.74, 6) is -0.631. The molecule has 0 fully saturated rings. The minimum atomic E-state index is -0.491. The van der Waals surface area contributed by atoms with Gasteiger partial charge in [-0.15, -0.1) is 0 Å². The molecule has 2 aromatic carbocycles. The van der Waals surface area contributed by atoms with Gasteiger partial charge < -0.3 is 4.90 Å². The molecule has 0 aliphatic carbocycles. The highest BCUT2D eigenvalue weighted by atomic mass is 19.1. The molecule has 3 rings (SSSR count). The van der Waals surface area contributed by atoms with Gasteiger partial charge in [0.15, 0.2) is 0 Å². The summed E-state index contributed by atoms with van der Waals surface area (Å²) >= 11 is 0. The van der Waals surface area contributed by atoms with E-state index in [1.807, 2.05) is 6.07 Å². The van der Waals surface area contributed by atoms with Crippen molar-refractivity contribution < 1.29 is 9.18 Å². The predicted octanol–water partition coefficient (Wildman–Crippen LogP) is 1.23. The Balaban J connectivity index is 1.70. The van der Waals surface area contributed by atoms with Crippen LogP contribution in [0.5, 0.6) is 0 Å². The minimum absolute atomic E-state index is 0.219. The van der Waals surface area contributed by atoms with Gasteiger partial charge in [0, 0.05) is 13.6 Å². The first kappa shape index (κ1) is 16.6. The fraction of sp³-hybridized carbons (Fsp3) is 0.176. The van der Waals surface area contributed by atoms with Crippen LogP contribution in [0.2, 0.25) is 0 Å². The van der Waals surface area contributed by atoms with E-state index in [2.05, 4.69) is 10.4 Å². The number of hydrogen-bond donors (Lipinski definition) is 0. The van der Waals surface area contributed by atoms with Gasteiger partial charge in [0.05, 0.1) is 5.69 Å². The molecule has 0 atom stereocenters. The second kappa shape index (κ2) is 7.08. The van der Waals surface area contributed by atoms with E-state index in [0.29, 0.717) is 12.2 Å². The Kier molecular flexibility index (Phi) is 4.69. The van der Waals surface area contributed by atoms with E-state index in [-0.39, 0.29) is 18.3 Å². The maximum atomic E-state index is 12.9. The number of aromatic nitrogens is 4. The van der Waals surface area contributed by atoms with Crippen LogP contribution in [-0.2, 0) is 17.9 Å². The average Bonchev–Trinajstić information content (AvgIpc) is 2.98. The molecule has 0 aliphatic rings. The van der Waals surface area contributed by atoms with E-state index in [0.717, 1.165) is 14.9 Å². The lowest BCUT2D eigenvalue weighted by molar-refractivity contribution is -0.131. The molecular formula is C17H16FN5O2. The van der Waals surface area contributed by atoms with Crippen molar-refractivity contribution in [3.8, 4) is 5.69 Å². The summed E-state index contributed by atoms with van der Waals surface area (Å²) in [6, 6.07) is 14.7. The number of hydrogen-bond acceptors (Lipinski definition) is 4. The zero-order valence-corrected chi connectivity index (χ0v) is 13.5. The van der Waals surface area contributed by atoms with Crippen molar-refractivity contribution in [1.82, 2.24) is 24.7 Å². The van der Waals surface area contributed by atoms with E-state index in [1.54, 1.807) is 43.4 Å². The number of rotatable bonds is 5. The van der Waals surface area contributed by atoms with Crippen molar-refractivity contribution >= 4 is 5.91 Å². The molecule has 1 heterocycles. The Morgan fingerprint density at radius 2 is 1.76 bits per heavy atom. The van der Waals surface area contributed by atoms with E-state index in [1.165, 1.54) is 17.0 Å². The topological polar surface area (TPSA) is 73.0 Å². The Bertz CT molecular complexity index is 918. The van der Waals surface area contributed by atoms with Crippen LogP contribution in [0.4, 0.5) is 4.39 Å². The summed E-state index contributed by atoms with van der Waals surface area (Å²) in [5, 5.41) is 7.55. The monoisotopic (exact) mass is 341 g/mol. The van der Waals surface area contributed by atoms with Crippen LogP contribution in [0.3, 0.4) is 0 Å². The minimum Gasteiger partial charge on any atom is -0.340 e. The normalized spacial score (nSPS) is 10.6. The number of carbonyl (C=O) groups is 1. The summed E-state index contributed by atoms with van der Waals surface area (Å²) in [4.78, 5) is 26.1. The summed E-state index contributed by atoms with van der Waals surface area (Å²) < 4.78 is 15.1. The standard InChI is InChI=1S/C17H16FN5O2/c1-21(11-13-7-9-14(18)10-8-13)16(24)12-22-17(25)23(20-19-22)15-5-3-2-4-6-15/h2-10H,11-12H2,1H3. The Morgan fingerprint density at radius 3 is 2.44 bits per heavy atom. The lowest BCUT2D eigenvalue weighted by atomic mass is 10.2. The fourth-order valence-corrected chi connectivity index (χ4v) is 2.31. The summed E-state index contributed by atoms with van der Waals surface area (Å²) in [5.41, 5.74) is 0.873. The zero-order chi connectivity index (χ0) is 17.8. The summed E-state index contributed by atoms with van der Waals surface area (Å²) in [6.45, 7) is 0.0873. The first-order valence-corrected chi connectivity index (χ1v) is 7.61. The molecule has 8 heteroatoms. The van der Waals surface area contributed by atoms with Crippen molar-refractivity contribution in [1.29, 1.82) is 0 Å². The maximum absolute atomic E-state index is 12.9. The zero-order valence-electron chi connectivity index (χ0n) is 13.5. The molecule has 7 nitrogen and oxygen atoms in total. The highest BCUT2D eigenvalue weighted by Gasteiger charge is 2.15. The van der Waals surface area contributed by atoms with Gasteiger partial charge in [-0.1, -0.05) is 30.3 Å². The van der Waals surface area contributed by atoms with Crippen LogP contribution < -0.4 is 5.69 Å². The molecular weight excluding hydrogens is 325 g/mol. The van der Waals surface area contributed by atoms with Crippen LogP contribution in [0.25, 0.3) is 5.69 Å². The molecule has 1 aromatic heterocycles. The molecule has 3 aromatic rings. The van der Waals surface area contributed by atoms with E-state index >= 15 is 0 Å². The smallest absolute Gasteiger partial charge is 0.340 e. The van der Waals surface area contributed by atoms with Gasteiger partial charge in [0.1, 0.15) is 12.4 Å².